The molecule has 0 bridgehead atoms. The number of amides is 1. The highest BCUT2D eigenvalue weighted by atomic mass is 35.5. The van der Waals surface area contributed by atoms with E-state index in [0.29, 0.717) is 5.17 Å². The predicted octanol–water partition coefficient (Wildman–Crippen LogP) is 2.19. The minimum atomic E-state index is -0.751. The number of rotatable bonds is 1. The van der Waals surface area contributed by atoms with Crippen molar-refractivity contribution in [1.29, 1.82) is 0 Å². The highest BCUT2D eigenvalue weighted by Gasteiger charge is 2.57. The predicted molar refractivity (Wildman–Crippen MR) is 87.3 cm³/mol. The number of carbonyl (C=O) groups is 2. The van der Waals surface area contributed by atoms with Crippen LogP contribution in [0.15, 0.2) is 4.99 Å². The molecule has 0 spiro atoms. The van der Waals surface area contributed by atoms with Crippen LogP contribution in [0.1, 0.15) is 20.8 Å². The molecule has 0 saturated carbocycles. The number of halogens is 1. The van der Waals surface area contributed by atoms with Crippen molar-refractivity contribution in [2.75, 3.05) is 12.9 Å². The van der Waals surface area contributed by atoms with Crippen LogP contribution in [0, 0.1) is 0 Å². The highest BCUT2D eigenvalue weighted by Crippen LogP contribution is 2.41. The fourth-order valence-corrected chi connectivity index (χ4v) is 4.04. The molecule has 5 atom stereocenters. The Morgan fingerprint density at radius 3 is 2.67 bits per heavy atom. The van der Waals surface area contributed by atoms with Gasteiger partial charge in [0.1, 0.15) is 23.2 Å². The quantitative estimate of drug-likeness (QED) is 0.510. The number of thioether (sulfide) groups is 1. The Bertz CT molecular complexity index is 580. The molecule has 0 aromatic heterocycles. The van der Waals surface area contributed by atoms with Crippen LogP contribution in [-0.4, -0.2) is 70.6 Å². The van der Waals surface area contributed by atoms with E-state index in [4.69, 9.17) is 30.5 Å². The Morgan fingerprint density at radius 1 is 1.38 bits per heavy atom. The normalized spacial score (nSPS) is 34.6. The first kappa shape index (κ1) is 17.6. The summed E-state index contributed by atoms with van der Waals surface area (Å²) in [7, 11) is 1.57. The number of amidine groups is 1. The maximum Gasteiger partial charge on any atom is 0.509 e. The fourth-order valence-electron chi connectivity index (χ4n) is 2.61. The maximum absolute atomic E-state index is 12.2. The first-order valence-corrected chi connectivity index (χ1v) is 8.91. The highest BCUT2D eigenvalue weighted by molar-refractivity contribution is 8.14. The van der Waals surface area contributed by atoms with E-state index in [0.717, 1.165) is 0 Å². The largest absolute Gasteiger partial charge is 0.509 e. The number of ether oxygens (including phenoxy) is 4. The number of carbonyl (C=O) groups excluding carboxylic acids is 2. The average Bonchev–Trinajstić information content (AvgIpc) is 3.05. The van der Waals surface area contributed by atoms with Crippen LogP contribution in [0.3, 0.4) is 0 Å². The zero-order chi connectivity index (χ0) is 17.6. The molecule has 0 N–H and O–H groups in total. The van der Waals surface area contributed by atoms with Crippen LogP contribution in [-0.2, 0) is 18.9 Å². The van der Waals surface area contributed by atoms with Crippen LogP contribution in [0.2, 0.25) is 0 Å². The van der Waals surface area contributed by atoms with Crippen LogP contribution >= 0.6 is 23.4 Å². The lowest BCUT2D eigenvalue weighted by Crippen LogP contribution is -2.53. The van der Waals surface area contributed by atoms with E-state index in [1.54, 1.807) is 27.8 Å². The maximum atomic E-state index is 12.2. The van der Waals surface area contributed by atoms with Crippen molar-refractivity contribution in [1.82, 2.24) is 4.90 Å². The number of hydrogen-bond acceptors (Lipinski definition) is 8. The average molecular weight is 379 g/mol. The molecular weight excluding hydrogens is 360 g/mol. The minimum Gasteiger partial charge on any atom is -0.443 e. The van der Waals surface area contributed by atoms with Gasteiger partial charge in [0.25, 0.3) is 0 Å². The molecule has 3 aliphatic rings. The van der Waals surface area contributed by atoms with Gasteiger partial charge in [-0.1, -0.05) is 11.8 Å². The molecule has 3 rings (SSSR count). The van der Waals surface area contributed by atoms with Crippen molar-refractivity contribution in [3.63, 3.8) is 0 Å². The second-order valence-electron chi connectivity index (χ2n) is 6.67. The second-order valence-corrected chi connectivity index (χ2v) is 8.05. The van der Waals surface area contributed by atoms with Gasteiger partial charge in [0.05, 0.1) is 5.88 Å². The molecule has 0 unspecified atom stereocenters. The molecule has 0 aliphatic carbocycles. The van der Waals surface area contributed by atoms with Crippen molar-refractivity contribution in [3.8, 4) is 0 Å². The minimum absolute atomic E-state index is 0.166. The van der Waals surface area contributed by atoms with E-state index in [9.17, 15) is 9.59 Å². The van der Waals surface area contributed by atoms with Gasteiger partial charge < -0.3 is 18.9 Å². The Balaban J connectivity index is 1.75. The lowest BCUT2D eigenvalue weighted by Gasteiger charge is -2.35. The molecule has 1 amide bonds. The Morgan fingerprint density at radius 2 is 2.04 bits per heavy atom. The van der Waals surface area contributed by atoms with Crippen LogP contribution < -0.4 is 0 Å². The summed E-state index contributed by atoms with van der Waals surface area (Å²) < 4.78 is 21.6. The Labute approximate surface area is 148 Å². The summed E-state index contributed by atoms with van der Waals surface area (Å²) in [5.74, 6) is 0.166. The summed E-state index contributed by atoms with van der Waals surface area (Å²) in [5, 5.41) is 0.441. The third kappa shape index (κ3) is 3.29. The van der Waals surface area contributed by atoms with Gasteiger partial charge in [0, 0.05) is 7.05 Å². The van der Waals surface area contributed by atoms with Gasteiger partial charge in [0.2, 0.25) is 0 Å². The van der Waals surface area contributed by atoms with Crippen LogP contribution in [0.5, 0.6) is 0 Å². The van der Waals surface area contributed by atoms with Gasteiger partial charge >= 0.3 is 12.2 Å². The van der Waals surface area contributed by atoms with E-state index in [1.807, 2.05) is 0 Å². The lowest BCUT2D eigenvalue weighted by atomic mass is 9.99. The summed E-state index contributed by atoms with van der Waals surface area (Å²) in [6.07, 6.45) is -2.90. The number of alkyl halides is 1. The summed E-state index contributed by atoms with van der Waals surface area (Å²) in [6, 6.07) is -0.453. The van der Waals surface area contributed by atoms with Gasteiger partial charge in [-0.15, -0.1) is 11.6 Å². The molecule has 8 nitrogen and oxygen atoms in total. The molecule has 0 aromatic carbocycles. The number of fused-ring (bicyclic) bond motifs is 3. The van der Waals surface area contributed by atoms with Gasteiger partial charge in [-0.3, -0.25) is 9.89 Å². The number of aliphatic imine (C=N–C) groups is 1. The topological polar surface area (TPSA) is 86.7 Å². The Hall–Kier alpha value is -1.19. The van der Waals surface area contributed by atoms with Crippen LogP contribution in [0.4, 0.5) is 9.59 Å². The molecular formula is C14H19ClN2O6S. The standard InChI is InChI=1S/C14H19ClN2O6S/c1-14(2,3)23-12(18)17(4)11-16-7-9-8(21-13(19)22-9)6(5-15)20-10(7)24-11/h6-10H,5H2,1-4H3/t6-,7-,8-,9-,10-/m1/s1. The van der Waals surface area contributed by atoms with Crippen molar-refractivity contribution in [2.45, 2.75) is 56.2 Å². The van der Waals surface area contributed by atoms with E-state index < -0.39 is 47.6 Å². The van der Waals surface area contributed by atoms with Gasteiger partial charge in [-0.25, -0.2) is 9.59 Å². The third-order valence-electron chi connectivity index (χ3n) is 3.67. The first-order chi connectivity index (χ1) is 11.2. The Kier molecular flexibility index (Phi) is 4.61. The van der Waals surface area contributed by atoms with E-state index in [2.05, 4.69) is 4.99 Å². The molecule has 10 heteroatoms. The molecule has 24 heavy (non-hydrogen) atoms. The summed E-state index contributed by atoms with van der Waals surface area (Å²) in [6.45, 7) is 5.36. The molecule has 2 saturated heterocycles. The first-order valence-electron chi connectivity index (χ1n) is 7.49. The van der Waals surface area contributed by atoms with Crippen molar-refractivity contribution < 1.29 is 28.5 Å². The molecule has 134 valence electrons. The monoisotopic (exact) mass is 378 g/mol. The zero-order valence-corrected chi connectivity index (χ0v) is 15.3. The lowest BCUT2D eigenvalue weighted by molar-refractivity contribution is -0.0939. The molecule has 3 aliphatic heterocycles. The molecule has 0 aromatic rings. The smallest absolute Gasteiger partial charge is 0.443 e. The molecule has 3 heterocycles. The van der Waals surface area contributed by atoms with Crippen molar-refractivity contribution in [2.24, 2.45) is 4.99 Å². The molecule has 2 fully saturated rings. The number of nitrogens with zero attached hydrogens (tertiary/aromatic N) is 2. The second kappa shape index (κ2) is 6.27. The summed E-state index contributed by atoms with van der Waals surface area (Å²) >= 11 is 7.18. The van der Waals surface area contributed by atoms with Crippen LogP contribution in [0.25, 0.3) is 0 Å². The van der Waals surface area contributed by atoms with E-state index in [1.165, 1.54) is 16.7 Å². The SMILES string of the molecule is CN(C(=O)OC(C)(C)C)C1=N[C@@H]2[C@H]3OC(=O)O[C@@H]3[C@@H](CCl)O[C@@H]2S1. The van der Waals surface area contributed by atoms with Gasteiger partial charge in [-0.05, 0) is 20.8 Å². The zero-order valence-electron chi connectivity index (χ0n) is 13.7. The van der Waals surface area contributed by atoms with Crippen molar-refractivity contribution >= 4 is 40.8 Å². The van der Waals surface area contributed by atoms with Crippen molar-refractivity contribution in [3.05, 3.63) is 0 Å². The van der Waals surface area contributed by atoms with Gasteiger partial charge in [-0.2, -0.15) is 0 Å². The molecule has 0 radical (unpaired) electrons. The van der Waals surface area contributed by atoms with Gasteiger partial charge in [0.15, 0.2) is 17.4 Å². The fraction of sp³-hybridized carbons (Fsp3) is 0.786. The number of hydrogen-bond donors (Lipinski definition) is 0. The summed E-state index contributed by atoms with van der Waals surface area (Å²) in [4.78, 5) is 29.5. The third-order valence-corrected chi connectivity index (χ3v) is 5.18. The summed E-state index contributed by atoms with van der Waals surface area (Å²) in [5.41, 5.74) is -1.01. The van der Waals surface area contributed by atoms with E-state index >= 15 is 0 Å². The van der Waals surface area contributed by atoms with E-state index in [-0.39, 0.29) is 5.88 Å².